The number of nitrogens with one attached hydrogen (secondary N) is 4. The van der Waals surface area contributed by atoms with Crippen LogP contribution in [-0.2, 0) is 33.8 Å². The Labute approximate surface area is 234 Å². The van der Waals surface area contributed by atoms with E-state index in [2.05, 4.69) is 20.1 Å². The van der Waals surface area contributed by atoms with Gasteiger partial charge in [0.2, 0.25) is 0 Å². The first kappa shape index (κ1) is 30.1. The van der Waals surface area contributed by atoms with Crippen LogP contribution in [0.4, 0.5) is 26.0 Å². The Kier molecular flexibility index (Phi) is 8.49. The molecule has 2 aromatic carbocycles. The zero-order valence-corrected chi connectivity index (χ0v) is 23.5. The average Bonchev–Trinajstić information content (AvgIpc) is 3.70. The lowest BCUT2D eigenvalue weighted by Crippen LogP contribution is -2.31. The third-order valence-electron chi connectivity index (χ3n) is 6.18. The van der Waals surface area contributed by atoms with E-state index in [-0.39, 0.29) is 52.9 Å². The largest absolute Gasteiger partial charge is 0.349 e. The monoisotopic (exact) mass is 611 g/mol. The number of carbonyl (C=O) groups excluding carboxylic acids is 1. The molecule has 1 aromatic heterocycles. The third kappa shape index (κ3) is 7.08. The van der Waals surface area contributed by atoms with Crippen molar-refractivity contribution in [3.63, 3.8) is 0 Å². The van der Waals surface area contributed by atoms with E-state index in [4.69, 9.17) is 0 Å². The number of halogens is 2. The van der Waals surface area contributed by atoms with Gasteiger partial charge in [-0.25, -0.2) is 8.78 Å². The fourth-order valence-corrected chi connectivity index (χ4v) is 5.39. The van der Waals surface area contributed by atoms with Crippen LogP contribution in [0.3, 0.4) is 0 Å². The highest BCUT2D eigenvalue weighted by Gasteiger charge is 2.27. The highest BCUT2D eigenvalue weighted by molar-refractivity contribution is 7.90. The van der Waals surface area contributed by atoms with Crippen LogP contribution < -0.4 is 25.6 Å². The molecule has 0 saturated heterocycles. The zero-order valence-electron chi connectivity index (χ0n) is 21.9. The van der Waals surface area contributed by atoms with Crippen molar-refractivity contribution in [1.29, 1.82) is 0 Å². The summed E-state index contributed by atoms with van der Waals surface area (Å²) in [4.78, 5) is 25.8. The number of rotatable bonds is 11. The van der Waals surface area contributed by atoms with Crippen molar-refractivity contribution >= 4 is 43.4 Å². The van der Waals surface area contributed by atoms with Crippen LogP contribution in [0, 0.1) is 11.6 Å². The number of amides is 1. The second kappa shape index (κ2) is 11.6. The molecule has 1 heterocycles. The molecule has 0 unspecified atom stereocenters. The van der Waals surface area contributed by atoms with Crippen molar-refractivity contribution < 1.29 is 35.0 Å². The summed E-state index contributed by atoms with van der Waals surface area (Å²) in [6.07, 6.45) is 1.19. The smallest absolute Gasteiger partial charge is 0.299 e. The van der Waals surface area contributed by atoms with E-state index < -0.39 is 48.3 Å². The molecule has 1 saturated carbocycles. The molecule has 1 aliphatic rings. The van der Waals surface area contributed by atoms with Crippen molar-refractivity contribution in [3.8, 4) is 0 Å². The topological polar surface area (TPSA) is 176 Å². The molecular formula is C25H27F2N5O7S2. The van der Waals surface area contributed by atoms with E-state index in [1.54, 1.807) is 6.92 Å². The van der Waals surface area contributed by atoms with E-state index in [1.807, 2.05) is 0 Å². The first-order chi connectivity index (χ1) is 19.2. The normalized spacial score (nSPS) is 13.6. The minimum absolute atomic E-state index is 0.00761. The molecule has 1 amide bonds. The fraction of sp³-hybridized carbons (Fsp3) is 0.280. The molecule has 0 aliphatic heterocycles. The molecule has 5 N–H and O–H groups in total. The Morgan fingerprint density at radius 2 is 1.76 bits per heavy atom. The predicted octanol–water partition coefficient (Wildman–Crippen LogP) is 2.40. The number of benzene rings is 2. The van der Waals surface area contributed by atoms with Crippen LogP contribution >= 0.6 is 0 Å². The highest BCUT2D eigenvalue weighted by Crippen LogP contribution is 2.28. The second-order valence-electron chi connectivity index (χ2n) is 9.34. The standard InChI is InChI=1S/C25H27F2N5O7S2/c1-3-28-41(38,39)31-21-6-4-5-14(22(21)27)11-15-12-18(24(33)29-16-7-8-16)23(32(2)25(15)34)30-20-10-9-17(13-19(20)26)40(35,36)37/h4-6,9-10,12-13,16,28,30-31H,3,7-8,11H2,1-2H3,(H,29,33)(H,35,36,37). The lowest BCUT2D eigenvalue weighted by Gasteiger charge is -2.18. The van der Waals surface area contributed by atoms with Crippen LogP contribution in [0.5, 0.6) is 0 Å². The molecule has 0 atom stereocenters. The van der Waals surface area contributed by atoms with Gasteiger partial charge in [-0.15, -0.1) is 0 Å². The fourth-order valence-electron chi connectivity index (χ4n) is 4.00. The van der Waals surface area contributed by atoms with Crippen molar-refractivity contribution in [3.05, 3.63) is 81.1 Å². The molecule has 16 heteroatoms. The van der Waals surface area contributed by atoms with Crippen molar-refractivity contribution in [2.75, 3.05) is 16.6 Å². The van der Waals surface area contributed by atoms with Gasteiger partial charge in [0.05, 0.1) is 21.8 Å². The first-order valence-electron chi connectivity index (χ1n) is 12.3. The number of aromatic nitrogens is 1. The van der Waals surface area contributed by atoms with E-state index in [0.29, 0.717) is 6.07 Å². The first-order valence-corrected chi connectivity index (χ1v) is 15.2. The van der Waals surface area contributed by atoms with Gasteiger partial charge in [0.25, 0.3) is 31.8 Å². The Morgan fingerprint density at radius 3 is 2.37 bits per heavy atom. The molecule has 41 heavy (non-hydrogen) atoms. The molecular weight excluding hydrogens is 584 g/mol. The lowest BCUT2D eigenvalue weighted by atomic mass is 10.0. The Bertz CT molecular complexity index is 1790. The summed E-state index contributed by atoms with van der Waals surface area (Å²) >= 11 is 0. The number of pyridine rings is 1. The third-order valence-corrected chi connectivity index (χ3v) is 8.18. The maximum atomic E-state index is 15.3. The summed E-state index contributed by atoms with van der Waals surface area (Å²) in [6, 6.07) is 7.68. The van der Waals surface area contributed by atoms with Crippen molar-refractivity contribution in [2.45, 2.75) is 37.1 Å². The summed E-state index contributed by atoms with van der Waals surface area (Å²) < 4.78 is 91.3. The molecule has 1 fully saturated rings. The maximum Gasteiger partial charge on any atom is 0.299 e. The van der Waals surface area contributed by atoms with Crippen LogP contribution in [0.2, 0.25) is 0 Å². The van der Waals surface area contributed by atoms with E-state index in [1.165, 1.54) is 31.3 Å². The summed E-state index contributed by atoms with van der Waals surface area (Å²) in [5, 5.41) is 5.42. The lowest BCUT2D eigenvalue weighted by molar-refractivity contribution is 0.0951. The van der Waals surface area contributed by atoms with Gasteiger partial charge in [0.15, 0.2) is 5.82 Å². The van der Waals surface area contributed by atoms with Crippen molar-refractivity contribution in [2.24, 2.45) is 7.05 Å². The molecule has 12 nitrogen and oxygen atoms in total. The van der Waals surface area contributed by atoms with Gasteiger partial charge in [-0.2, -0.15) is 21.6 Å². The Hall–Kier alpha value is -3.86. The Morgan fingerprint density at radius 1 is 1.05 bits per heavy atom. The molecule has 0 radical (unpaired) electrons. The molecule has 0 bridgehead atoms. The summed E-state index contributed by atoms with van der Waals surface area (Å²) in [6.45, 7) is 1.63. The van der Waals surface area contributed by atoms with Gasteiger partial charge in [-0.05, 0) is 48.7 Å². The van der Waals surface area contributed by atoms with Crippen LogP contribution in [-0.4, -0.2) is 44.4 Å². The molecule has 1 aliphatic carbocycles. The average molecular weight is 612 g/mol. The zero-order chi connectivity index (χ0) is 30.1. The highest BCUT2D eigenvalue weighted by atomic mass is 32.2. The van der Waals surface area contributed by atoms with Gasteiger partial charge in [-0.3, -0.25) is 23.4 Å². The maximum absolute atomic E-state index is 15.3. The molecule has 220 valence electrons. The van der Waals surface area contributed by atoms with E-state index in [9.17, 15) is 35.4 Å². The van der Waals surface area contributed by atoms with E-state index in [0.717, 1.165) is 29.5 Å². The minimum Gasteiger partial charge on any atom is -0.349 e. The van der Waals surface area contributed by atoms with Crippen LogP contribution in [0.25, 0.3) is 0 Å². The SMILES string of the molecule is CCNS(=O)(=O)Nc1cccc(Cc2cc(C(=O)NC3CC3)c(Nc3ccc(S(=O)(=O)O)cc3F)n(C)c2=O)c1F. The summed E-state index contributed by atoms with van der Waals surface area (Å²) in [5.41, 5.74) is -1.40. The summed E-state index contributed by atoms with van der Waals surface area (Å²) in [7, 11) is -7.39. The van der Waals surface area contributed by atoms with Gasteiger partial charge in [0, 0.05) is 31.6 Å². The van der Waals surface area contributed by atoms with Gasteiger partial charge >= 0.3 is 0 Å². The molecule has 4 rings (SSSR count). The minimum atomic E-state index is -4.67. The predicted molar refractivity (Wildman–Crippen MR) is 147 cm³/mol. The quantitative estimate of drug-likeness (QED) is 0.205. The summed E-state index contributed by atoms with van der Waals surface area (Å²) in [5.74, 6) is -2.70. The number of carbonyl (C=O) groups is 1. The Balaban J connectivity index is 1.75. The molecule has 3 aromatic rings. The second-order valence-corrected chi connectivity index (χ2v) is 12.3. The van der Waals surface area contributed by atoms with Gasteiger partial charge < -0.3 is 10.6 Å². The van der Waals surface area contributed by atoms with Crippen molar-refractivity contribution in [1.82, 2.24) is 14.6 Å². The number of anilines is 3. The van der Waals surface area contributed by atoms with Crippen LogP contribution in [0.15, 0.2) is 52.2 Å². The number of nitrogens with zero attached hydrogens (tertiary/aromatic N) is 1. The number of hydrogen-bond donors (Lipinski definition) is 5. The van der Waals surface area contributed by atoms with Gasteiger partial charge in [-0.1, -0.05) is 19.1 Å². The van der Waals surface area contributed by atoms with E-state index >= 15 is 4.39 Å². The van der Waals surface area contributed by atoms with Gasteiger partial charge in [0.1, 0.15) is 11.6 Å². The molecule has 0 spiro atoms. The van der Waals surface area contributed by atoms with Crippen LogP contribution in [0.1, 0.15) is 41.3 Å². The number of hydrogen-bond acceptors (Lipinski definition) is 7.